The number of phenolic OH excluding ortho intramolecular Hbond substituents is 2. The van der Waals surface area contributed by atoms with Gasteiger partial charge >= 0.3 is 0 Å². The number of fused-ring (bicyclic) bond motifs is 1. The van der Waals surface area contributed by atoms with Gasteiger partial charge in [-0.3, -0.25) is 9.59 Å². The minimum Gasteiger partial charge on any atom is -0.504 e. The van der Waals surface area contributed by atoms with E-state index in [0.29, 0.717) is 0 Å². The fraction of sp³-hybridized carbons (Fsp3) is 0.0909. The minimum absolute atomic E-state index is 0.0180. The zero-order chi connectivity index (χ0) is 12.0. The molecule has 1 aromatic rings. The predicted molar refractivity (Wildman–Crippen MR) is 53.8 cm³/mol. The van der Waals surface area contributed by atoms with E-state index in [0.717, 1.165) is 6.07 Å². The van der Waals surface area contributed by atoms with Gasteiger partial charge in [-0.2, -0.15) is 0 Å². The fourth-order valence-electron chi connectivity index (χ4n) is 1.60. The summed E-state index contributed by atoms with van der Waals surface area (Å²) >= 11 is 0. The molecule has 5 heteroatoms. The lowest BCUT2D eigenvalue weighted by atomic mass is 9.88. The van der Waals surface area contributed by atoms with E-state index in [-0.39, 0.29) is 16.7 Å². The van der Waals surface area contributed by atoms with E-state index < -0.39 is 28.8 Å². The van der Waals surface area contributed by atoms with Crippen LogP contribution in [-0.2, 0) is 0 Å². The summed E-state index contributed by atoms with van der Waals surface area (Å²) in [6.45, 7) is 1.32. The maximum Gasteiger partial charge on any atom is 0.232 e. The van der Waals surface area contributed by atoms with Crippen molar-refractivity contribution >= 4 is 11.6 Å². The lowest BCUT2D eigenvalue weighted by Crippen LogP contribution is -2.20. The molecule has 16 heavy (non-hydrogen) atoms. The van der Waals surface area contributed by atoms with Crippen molar-refractivity contribution in [3.63, 3.8) is 0 Å². The molecule has 0 unspecified atom stereocenters. The smallest absolute Gasteiger partial charge is 0.232 e. The van der Waals surface area contributed by atoms with Crippen LogP contribution in [-0.4, -0.2) is 26.9 Å². The van der Waals surface area contributed by atoms with E-state index in [4.69, 9.17) is 0 Å². The second-order valence-electron chi connectivity index (χ2n) is 3.49. The Morgan fingerprint density at radius 2 is 1.62 bits per heavy atom. The number of aliphatic hydroxyl groups excluding tert-OH is 1. The van der Waals surface area contributed by atoms with Gasteiger partial charge < -0.3 is 15.3 Å². The Balaban J connectivity index is 2.82. The van der Waals surface area contributed by atoms with Crippen LogP contribution >= 0.6 is 0 Å². The molecule has 0 aliphatic heterocycles. The van der Waals surface area contributed by atoms with Crippen LogP contribution in [0.3, 0.4) is 0 Å². The highest BCUT2D eigenvalue weighted by Gasteiger charge is 2.33. The van der Waals surface area contributed by atoms with E-state index in [2.05, 4.69) is 0 Å². The molecule has 1 aliphatic rings. The molecule has 5 nitrogen and oxygen atoms in total. The maximum atomic E-state index is 11.7. The molecule has 0 amide bonds. The summed E-state index contributed by atoms with van der Waals surface area (Å²) in [7, 11) is 0. The van der Waals surface area contributed by atoms with Crippen molar-refractivity contribution in [2.45, 2.75) is 6.92 Å². The van der Waals surface area contributed by atoms with Crippen molar-refractivity contribution in [3.05, 3.63) is 34.6 Å². The monoisotopic (exact) mass is 220 g/mol. The van der Waals surface area contributed by atoms with Crippen molar-refractivity contribution < 1.29 is 24.9 Å². The molecular weight excluding hydrogens is 212 g/mol. The second kappa shape index (κ2) is 3.10. The van der Waals surface area contributed by atoms with Crippen molar-refractivity contribution in [1.82, 2.24) is 0 Å². The van der Waals surface area contributed by atoms with Gasteiger partial charge in [0.2, 0.25) is 5.78 Å². The number of rotatable bonds is 0. The van der Waals surface area contributed by atoms with Crippen LogP contribution in [0.2, 0.25) is 0 Å². The molecule has 0 bridgehead atoms. The molecule has 0 heterocycles. The number of hydrogen-bond acceptors (Lipinski definition) is 5. The molecule has 0 aromatic heterocycles. The molecule has 82 valence electrons. The Kier molecular flexibility index (Phi) is 1.98. The van der Waals surface area contributed by atoms with Crippen LogP contribution in [0.15, 0.2) is 23.5 Å². The summed E-state index contributed by atoms with van der Waals surface area (Å²) in [6, 6.07) is 2.36. The van der Waals surface area contributed by atoms with Crippen LogP contribution < -0.4 is 0 Å². The Morgan fingerprint density at radius 1 is 1.00 bits per heavy atom. The molecule has 0 saturated heterocycles. The number of allylic oxidation sites excluding steroid dienone is 2. The van der Waals surface area contributed by atoms with Gasteiger partial charge in [0.15, 0.2) is 23.0 Å². The van der Waals surface area contributed by atoms with Gasteiger partial charge in [-0.1, -0.05) is 0 Å². The Bertz CT molecular complexity index is 554. The molecule has 0 saturated carbocycles. The largest absolute Gasteiger partial charge is 0.504 e. The number of aliphatic hydroxyl groups is 1. The number of phenols is 2. The van der Waals surface area contributed by atoms with Crippen molar-refractivity contribution in [3.8, 4) is 11.5 Å². The van der Waals surface area contributed by atoms with Crippen LogP contribution in [0.4, 0.5) is 0 Å². The van der Waals surface area contributed by atoms with Crippen molar-refractivity contribution in [1.29, 1.82) is 0 Å². The van der Waals surface area contributed by atoms with E-state index in [1.165, 1.54) is 13.0 Å². The summed E-state index contributed by atoms with van der Waals surface area (Å²) in [5, 5.41) is 28.1. The van der Waals surface area contributed by atoms with Gasteiger partial charge in [-0.15, -0.1) is 0 Å². The van der Waals surface area contributed by atoms with Crippen LogP contribution in [0.1, 0.15) is 27.6 Å². The number of carbonyl (C=O) groups is 2. The minimum atomic E-state index is -0.861. The highest BCUT2D eigenvalue weighted by Crippen LogP contribution is 2.36. The topological polar surface area (TPSA) is 94.8 Å². The third-order valence-corrected chi connectivity index (χ3v) is 2.54. The molecular formula is C11H8O5. The Hall–Kier alpha value is -2.30. The third kappa shape index (κ3) is 1.11. The van der Waals surface area contributed by atoms with E-state index in [1.807, 2.05) is 0 Å². The van der Waals surface area contributed by atoms with Gasteiger partial charge in [0.1, 0.15) is 0 Å². The highest BCUT2D eigenvalue weighted by atomic mass is 16.3. The molecule has 3 N–H and O–H groups in total. The SMILES string of the molecule is CC1=C(O)C(=O)c2c(ccc(O)c2O)C1=O. The third-order valence-electron chi connectivity index (χ3n) is 2.54. The second-order valence-corrected chi connectivity index (χ2v) is 3.49. The van der Waals surface area contributed by atoms with Crippen LogP contribution in [0, 0.1) is 0 Å². The average Bonchev–Trinajstić information content (AvgIpc) is 2.27. The zero-order valence-electron chi connectivity index (χ0n) is 8.31. The van der Waals surface area contributed by atoms with Crippen molar-refractivity contribution in [2.75, 3.05) is 0 Å². The number of ketones is 2. The van der Waals surface area contributed by atoms with Gasteiger partial charge in [0.05, 0.1) is 5.56 Å². The molecule has 1 aromatic carbocycles. The van der Waals surface area contributed by atoms with E-state index in [1.54, 1.807) is 0 Å². The van der Waals surface area contributed by atoms with Crippen LogP contribution in [0.25, 0.3) is 0 Å². The molecule has 0 spiro atoms. The summed E-state index contributed by atoms with van der Waals surface area (Å²) in [6.07, 6.45) is 0. The van der Waals surface area contributed by atoms with Gasteiger partial charge in [0.25, 0.3) is 0 Å². The predicted octanol–water partition coefficient (Wildman–Crippen LogP) is 1.31. The molecule has 1 aliphatic carbocycles. The Labute approximate surface area is 90.3 Å². The van der Waals surface area contributed by atoms with Crippen molar-refractivity contribution in [2.24, 2.45) is 0 Å². The maximum absolute atomic E-state index is 11.7. The highest BCUT2D eigenvalue weighted by molar-refractivity contribution is 6.27. The lowest BCUT2D eigenvalue weighted by molar-refractivity contribution is 0.0926. The fourth-order valence-corrected chi connectivity index (χ4v) is 1.60. The molecule has 0 radical (unpaired) electrons. The molecule has 0 atom stereocenters. The first-order valence-corrected chi connectivity index (χ1v) is 4.49. The summed E-state index contributed by atoms with van der Waals surface area (Å²) in [5.74, 6) is -3.29. The van der Waals surface area contributed by atoms with Gasteiger partial charge in [0, 0.05) is 11.1 Å². The summed E-state index contributed by atoms with van der Waals surface area (Å²) in [4.78, 5) is 23.3. The summed E-state index contributed by atoms with van der Waals surface area (Å²) < 4.78 is 0. The normalized spacial score (nSPS) is 15.3. The van der Waals surface area contributed by atoms with Gasteiger partial charge in [-0.05, 0) is 19.1 Å². The van der Waals surface area contributed by atoms with Crippen LogP contribution in [0.5, 0.6) is 11.5 Å². The van der Waals surface area contributed by atoms with E-state index >= 15 is 0 Å². The number of Topliss-reactive ketones (excluding diaryl/α,β-unsaturated/α-hetero) is 2. The number of carbonyl (C=O) groups excluding carboxylic acids is 2. The quantitative estimate of drug-likeness (QED) is 0.573. The first-order valence-electron chi connectivity index (χ1n) is 4.49. The lowest BCUT2D eigenvalue weighted by Gasteiger charge is -2.16. The number of benzene rings is 1. The number of aromatic hydroxyl groups is 2. The number of hydrogen-bond donors (Lipinski definition) is 3. The Morgan fingerprint density at radius 3 is 2.25 bits per heavy atom. The zero-order valence-corrected chi connectivity index (χ0v) is 8.31. The standard InChI is InChI=1S/C11H8O5/c1-4-8(13)5-2-3-6(12)10(15)7(5)11(16)9(4)14/h2-3,12,14-15H,1H3. The molecule has 0 fully saturated rings. The van der Waals surface area contributed by atoms with Gasteiger partial charge in [-0.25, -0.2) is 0 Å². The summed E-state index contributed by atoms with van der Waals surface area (Å²) in [5.41, 5.74) is -0.439. The first kappa shape index (κ1) is 10.2. The van der Waals surface area contributed by atoms with E-state index in [9.17, 15) is 24.9 Å². The molecule has 2 rings (SSSR count). The average molecular weight is 220 g/mol. The first-order chi connectivity index (χ1) is 7.45.